The van der Waals surface area contributed by atoms with Crippen molar-refractivity contribution in [1.82, 2.24) is 10.1 Å². The standard InChI is InChI=1S/C14H15BrFN3O2/c15-8-4-5-11(16)10(6-8)14-18-13(19-21-14)12(17)7-20-9-2-1-3-9/h4-6,9,12H,1-3,7,17H2. The molecule has 5 nitrogen and oxygen atoms in total. The number of halogens is 2. The highest BCUT2D eigenvalue weighted by Crippen LogP contribution is 2.26. The molecular formula is C14H15BrFN3O2. The summed E-state index contributed by atoms with van der Waals surface area (Å²) >= 11 is 3.28. The molecule has 1 aliphatic rings. The first-order valence-corrected chi connectivity index (χ1v) is 7.59. The maximum absolute atomic E-state index is 13.8. The zero-order chi connectivity index (χ0) is 14.8. The number of benzene rings is 1. The Kier molecular flexibility index (Phi) is 4.32. The predicted molar refractivity (Wildman–Crippen MR) is 77.9 cm³/mol. The molecule has 1 atom stereocenters. The van der Waals surface area contributed by atoms with Crippen LogP contribution in [0.2, 0.25) is 0 Å². The van der Waals surface area contributed by atoms with E-state index in [9.17, 15) is 4.39 Å². The predicted octanol–water partition coefficient (Wildman–Crippen LogP) is 3.21. The van der Waals surface area contributed by atoms with Gasteiger partial charge in [0.1, 0.15) is 5.82 Å². The number of nitrogens with two attached hydrogens (primary N) is 1. The van der Waals surface area contributed by atoms with Crippen molar-refractivity contribution in [3.05, 3.63) is 34.3 Å². The van der Waals surface area contributed by atoms with E-state index in [1.54, 1.807) is 12.1 Å². The van der Waals surface area contributed by atoms with Gasteiger partial charge in [0.25, 0.3) is 5.89 Å². The van der Waals surface area contributed by atoms with Gasteiger partial charge in [-0.05, 0) is 37.5 Å². The molecule has 7 heteroatoms. The summed E-state index contributed by atoms with van der Waals surface area (Å²) in [5.74, 6) is 0.0132. The summed E-state index contributed by atoms with van der Waals surface area (Å²) in [6, 6.07) is 4.05. The minimum absolute atomic E-state index is 0.114. The molecule has 0 amide bonds. The third-order valence-electron chi connectivity index (χ3n) is 3.50. The molecular weight excluding hydrogens is 341 g/mol. The first-order chi connectivity index (χ1) is 10.1. The van der Waals surface area contributed by atoms with Gasteiger partial charge in [0, 0.05) is 4.47 Å². The average Bonchev–Trinajstić information content (AvgIpc) is 2.89. The SMILES string of the molecule is NC(COC1CCC1)c1noc(-c2cc(Br)ccc2F)n1. The van der Waals surface area contributed by atoms with Crippen LogP contribution in [0.4, 0.5) is 4.39 Å². The number of ether oxygens (including phenoxy) is 1. The molecule has 1 saturated carbocycles. The fourth-order valence-corrected chi connectivity index (χ4v) is 2.37. The third kappa shape index (κ3) is 3.30. The smallest absolute Gasteiger partial charge is 0.260 e. The van der Waals surface area contributed by atoms with Crippen LogP contribution in [0.25, 0.3) is 11.5 Å². The van der Waals surface area contributed by atoms with Crippen molar-refractivity contribution in [2.45, 2.75) is 31.4 Å². The zero-order valence-electron chi connectivity index (χ0n) is 11.3. The Bertz CT molecular complexity index is 630. The molecule has 0 spiro atoms. The lowest BCUT2D eigenvalue weighted by Gasteiger charge is -2.26. The highest BCUT2D eigenvalue weighted by atomic mass is 79.9. The third-order valence-corrected chi connectivity index (χ3v) is 3.99. The molecule has 0 aliphatic heterocycles. The Labute approximate surface area is 129 Å². The summed E-state index contributed by atoms with van der Waals surface area (Å²) in [5.41, 5.74) is 6.21. The fourth-order valence-electron chi connectivity index (χ4n) is 2.01. The Morgan fingerprint density at radius 1 is 1.48 bits per heavy atom. The van der Waals surface area contributed by atoms with E-state index in [0.29, 0.717) is 18.5 Å². The van der Waals surface area contributed by atoms with Gasteiger partial charge >= 0.3 is 0 Å². The second kappa shape index (κ2) is 6.21. The molecule has 1 unspecified atom stereocenters. The first-order valence-electron chi connectivity index (χ1n) is 6.79. The number of aromatic nitrogens is 2. The molecule has 3 rings (SSSR count). The molecule has 0 radical (unpaired) electrons. The quantitative estimate of drug-likeness (QED) is 0.891. The fraction of sp³-hybridized carbons (Fsp3) is 0.429. The highest BCUT2D eigenvalue weighted by Gasteiger charge is 2.22. The molecule has 21 heavy (non-hydrogen) atoms. The van der Waals surface area contributed by atoms with Crippen LogP contribution in [-0.4, -0.2) is 22.9 Å². The minimum Gasteiger partial charge on any atom is -0.376 e. The van der Waals surface area contributed by atoms with Gasteiger partial charge in [-0.15, -0.1) is 0 Å². The van der Waals surface area contributed by atoms with E-state index in [4.69, 9.17) is 15.0 Å². The van der Waals surface area contributed by atoms with Gasteiger partial charge in [0.05, 0.1) is 24.3 Å². The average molecular weight is 356 g/mol. The van der Waals surface area contributed by atoms with E-state index < -0.39 is 11.9 Å². The molecule has 2 N–H and O–H groups in total. The number of rotatable bonds is 5. The number of nitrogens with zero attached hydrogens (tertiary/aromatic N) is 2. The van der Waals surface area contributed by atoms with Crippen LogP contribution in [0.3, 0.4) is 0 Å². The molecule has 0 bridgehead atoms. The van der Waals surface area contributed by atoms with Crippen molar-refractivity contribution < 1.29 is 13.7 Å². The lowest BCUT2D eigenvalue weighted by atomic mass is 9.96. The van der Waals surface area contributed by atoms with Crippen molar-refractivity contribution in [3.63, 3.8) is 0 Å². The molecule has 1 aliphatic carbocycles. The van der Waals surface area contributed by atoms with E-state index in [1.165, 1.54) is 12.5 Å². The first kappa shape index (κ1) is 14.6. The lowest BCUT2D eigenvalue weighted by Crippen LogP contribution is -2.27. The van der Waals surface area contributed by atoms with E-state index in [0.717, 1.165) is 17.3 Å². The summed E-state index contributed by atoms with van der Waals surface area (Å²) in [5, 5.41) is 3.81. The van der Waals surface area contributed by atoms with Crippen LogP contribution < -0.4 is 5.73 Å². The van der Waals surface area contributed by atoms with Gasteiger partial charge < -0.3 is 15.0 Å². The van der Waals surface area contributed by atoms with Gasteiger partial charge in [0.15, 0.2) is 5.82 Å². The molecule has 112 valence electrons. The number of hydrogen-bond donors (Lipinski definition) is 1. The molecule has 0 saturated heterocycles. The van der Waals surface area contributed by atoms with Crippen LogP contribution in [0, 0.1) is 5.82 Å². The lowest BCUT2D eigenvalue weighted by molar-refractivity contribution is -0.00549. The zero-order valence-corrected chi connectivity index (χ0v) is 12.8. The van der Waals surface area contributed by atoms with Gasteiger partial charge in [-0.25, -0.2) is 4.39 Å². The molecule has 1 aromatic heterocycles. The van der Waals surface area contributed by atoms with Crippen molar-refractivity contribution in [1.29, 1.82) is 0 Å². The van der Waals surface area contributed by atoms with Gasteiger partial charge in [-0.3, -0.25) is 0 Å². The summed E-state index contributed by atoms with van der Waals surface area (Å²) in [6.07, 6.45) is 3.65. The van der Waals surface area contributed by atoms with E-state index in [1.807, 2.05) is 0 Å². The van der Waals surface area contributed by atoms with Crippen LogP contribution >= 0.6 is 15.9 Å². The summed E-state index contributed by atoms with van der Waals surface area (Å²) in [7, 11) is 0. The van der Waals surface area contributed by atoms with E-state index in [-0.39, 0.29) is 11.5 Å². The van der Waals surface area contributed by atoms with Gasteiger partial charge in [-0.2, -0.15) is 4.98 Å². The Morgan fingerprint density at radius 2 is 2.29 bits per heavy atom. The van der Waals surface area contributed by atoms with Crippen LogP contribution in [0.5, 0.6) is 0 Å². The van der Waals surface area contributed by atoms with Crippen LogP contribution in [0.15, 0.2) is 27.2 Å². The summed E-state index contributed by atoms with van der Waals surface area (Å²) < 4.78 is 25.2. The van der Waals surface area contributed by atoms with Gasteiger partial charge in [0.2, 0.25) is 0 Å². The van der Waals surface area contributed by atoms with E-state index >= 15 is 0 Å². The van der Waals surface area contributed by atoms with Crippen molar-refractivity contribution in [2.24, 2.45) is 5.73 Å². The van der Waals surface area contributed by atoms with Crippen LogP contribution in [0.1, 0.15) is 31.1 Å². The van der Waals surface area contributed by atoms with Crippen molar-refractivity contribution in [2.75, 3.05) is 6.61 Å². The maximum atomic E-state index is 13.8. The maximum Gasteiger partial charge on any atom is 0.260 e. The molecule has 1 fully saturated rings. The Hall–Kier alpha value is -1.31. The Morgan fingerprint density at radius 3 is 3.00 bits per heavy atom. The highest BCUT2D eigenvalue weighted by molar-refractivity contribution is 9.10. The monoisotopic (exact) mass is 355 g/mol. The van der Waals surface area contributed by atoms with Crippen molar-refractivity contribution >= 4 is 15.9 Å². The topological polar surface area (TPSA) is 74.2 Å². The number of hydrogen-bond acceptors (Lipinski definition) is 5. The van der Waals surface area contributed by atoms with Crippen LogP contribution in [-0.2, 0) is 4.74 Å². The van der Waals surface area contributed by atoms with Gasteiger partial charge in [-0.1, -0.05) is 21.1 Å². The molecule has 1 aromatic carbocycles. The normalized spacial score (nSPS) is 16.7. The van der Waals surface area contributed by atoms with E-state index in [2.05, 4.69) is 26.1 Å². The summed E-state index contributed by atoms with van der Waals surface area (Å²) in [6.45, 7) is 0.338. The van der Waals surface area contributed by atoms with Crippen molar-refractivity contribution in [3.8, 4) is 11.5 Å². The molecule has 2 aromatic rings. The minimum atomic E-state index is -0.474. The molecule has 1 heterocycles. The summed E-state index contributed by atoms with van der Waals surface area (Å²) in [4.78, 5) is 4.16. The largest absolute Gasteiger partial charge is 0.376 e. The Balaban J connectivity index is 1.71. The second-order valence-electron chi connectivity index (χ2n) is 5.07. The second-order valence-corrected chi connectivity index (χ2v) is 5.99.